The van der Waals surface area contributed by atoms with Crippen molar-refractivity contribution in [2.75, 3.05) is 24.4 Å². The fourth-order valence-corrected chi connectivity index (χ4v) is 4.03. The molecule has 0 bridgehead atoms. The molecule has 4 rings (SSSR count). The minimum atomic E-state index is -0.582. The van der Waals surface area contributed by atoms with Gasteiger partial charge >= 0.3 is 6.09 Å². The number of H-pyrrole nitrogens is 1. The molecular formula is C28H33Cl2N5O2S. The summed E-state index contributed by atoms with van der Waals surface area (Å²) in [5.41, 5.74) is 4.25. The normalized spacial score (nSPS) is 11.0. The number of carbonyl (C=O) groups is 1. The van der Waals surface area contributed by atoms with E-state index in [4.69, 9.17) is 27.9 Å². The van der Waals surface area contributed by atoms with Gasteiger partial charge in [-0.15, -0.1) is 0 Å². The number of pyridine rings is 1. The van der Waals surface area contributed by atoms with Crippen LogP contribution in [0.25, 0.3) is 21.8 Å². The molecule has 10 heteroatoms. The van der Waals surface area contributed by atoms with Gasteiger partial charge < -0.3 is 20.4 Å². The van der Waals surface area contributed by atoms with Crippen LogP contribution in [-0.2, 0) is 11.2 Å². The third kappa shape index (κ3) is 8.48. The maximum absolute atomic E-state index is 12.0. The summed E-state index contributed by atoms with van der Waals surface area (Å²) < 4.78 is 5.27. The predicted molar refractivity (Wildman–Crippen MR) is 163 cm³/mol. The molecule has 4 aromatic rings. The zero-order valence-electron chi connectivity index (χ0n) is 22.2. The highest BCUT2D eigenvalue weighted by atomic mass is 35.5. The van der Waals surface area contributed by atoms with Crippen LogP contribution in [0, 0.1) is 0 Å². The molecule has 0 saturated carbocycles. The van der Waals surface area contributed by atoms with Gasteiger partial charge in [0.1, 0.15) is 16.6 Å². The molecule has 0 spiro atoms. The number of nitrogens with one attached hydrogen (secondary N) is 4. The second-order valence-corrected chi connectivity index (χ2v) is 11.2. The summed E-state index contributed by atoms with van der Waals surface area (Å²) in [7, 11) is 0. The smallest absolute Gasteiger partial charge is 0.413 e. The lowest BCUT2D eigenvalue weighted by atomic mass is 10.0. The lowest BCUT2D eigenvalue weighted by molar-refractivity contribution is 0.0542. The number of alkyl carbamates (subject to hydrolysis) is 1. The van der Waals surface area contributed by atoms with Gasteiger partial charge in [-0.05, 0) is 87.7 Å². The van der Waals surface area contributed by atoms with Gasteiger partial charge in [-0.25, -0.2) is 9.78 Å². The largest absolute Gasteiger partial charge is 0.444 e. The Balaban J connectivity index is 0.00000127. The summed E-state index contributed by atoms with van der Waals surface area (Å²) in [5.74, 6) is 0.375. The number of hydrogen-bond acceptors (Lipinski definition) is 6. The molecule has 2 aromatic carbocycles. The molecule has 1 amide bonds. The number of thioether (sulfide) groups is 1. The van der Waals surface area contributed by atoms with Crippen LogP contribution in [0.2, 0.25) is 10.2 Å². The minimum Gasteiger partial charge on any atom is -0.444 e. The van der Waals surface area contributed by atoms with E-state index in [1.807, 2.05) is 57.5 Å². The monoisotopic (exact) mass is 573 g/mol. The van der Waals surface area contributed by atoms with Crippen LogP contribution in [0.3, 0.4) is 0 Å². The van der Waals surface area contributed by atoms with Gasteiger partial charge in [-0.1, -0.05) is 29.8 Å². The van der Waals surface area contributed by atoms with E-state index >= 15 is 0 Å². The van der Waals surface area contributed by atoms with E-state index in [2.05, 4.69) is 44.6 Å². The quantitative estimate of drug-likeness (QED) is 0.168. The molecule has 7 nitrogen and oxygen atoms in total. The molecule has 38 heavy (non-hydrogen) atoms. The number of rotatable bonds is 7. The standard InChI is InChI=1S/C26H27Cl2N5O2.C2H6S/c1-15(31-25(34)35-26(2,3)4)29-10-9-16-11-19(32-18-6-8-23(28)30-14-18)13-21-20-12-17(27)5-7-22(20)33-24(16)21;1-3-2/h5-8,11-14,29,32-33H,1,9-10H2,2-4H3,(H,31,34);1-2H3. The molecule has 0 unspecified atom stereocenters. The topological polar surface area (TPSA) is 91.1 Å². The molecule has 2 heterocycles. The van der Waals surface area contributed by atoms with Gasteiger partial charge in [0.25, 0.3) is 0 Å². The number of ether oxygens (including phenoxy) is 1. The van der Waals surface area contributed by atoms with Crippen LogP contribution in [0.5, 0.6) is 0 Å². The Morgan fingerprint density at radius 1 is 1.08 bits per heavy atom. The maximum Gasteiger partial charge on any atom is 0.413 e. The van der Waals surface area contributed by atoms with Crippen molar-refractivity contribution in [3.63, 3.8) is 0 Å². The van der Waals surface area contributed by atoms with Crippen molar-refractivity contribution >= 4 is 74.2 Å². The third-order valence-electron chi connectivity index (χ3n) is 5.15. The van der Waals surface area contributed by atoms with Gasteiger partial charge in [0.2, 0.25) is 0 Å². The fraction of sp³-hybridized carbons (Fsp3) is 0.286. The van der Waals surface area contributed by atoms with Crippen LogP contribution >= 0.6 is 35.0 Å². The highest BCUT2D eigenvalue weighted by molar-refractivity contribution is 7.97. The summed E-state index contributed by atoms with van der Waals surface area (Å²) in [6, 6.07) is 13.6. The Labute approximate surface area is 237 Å². The lowest BCUT2D eigenvalue weighted by Gasteiger charge is -2.20. The van der Waals surface area contributed by atoms with Gasteiger partial charge in [-0.2, -0.15) is 11.8 Å². The first-order valence-electron chi connectivity index (χ1n) is 11.9. The van der Waals surface area contributed by atoms with Crippen molar-refractivity contribution < 1.29 is 9.53 Å². The van der Waals surface area contributed by atoms with E-state index in [1.54, 1.807) is 24.0 Å². The van der Waals surface area contributed by atoms with E-state index in [0.29, 0.717) is 29.0 Å². The van der Waals surface area contributed by atoms with E-state index in [1.165, 1.54) is 0 Å². The van der Waals surface area contributed by atoms with Crippen molar-refractivity contribution in [1.82, 2.24) is 20.6 Å². The highest BCUT2D eigenvalue weighted by Crippen LogP contribution is 2.33. The number of aromatic nitrogens is 2. The summed E-state index contributed by atoms with van der Waals surface area (Å²) in [6.07, 6.45) is 5.89. The summed E-state index contributed by atoms with van der Waals surface area (Å²) in [4.78, 5) is 19.6. The number of amides is 1. The molecule has 0 fully saturated rings. The van der Waals surface area contributed by atoms with E-state index < -0.39 is 11.7 Å². The Kier molecular flexibility index (Phi) is 10.2. The Bertz CT molecular complexity index is 1420. The molecule has 2 aromatic heterocycles. The van der Waals surface area contributed by atoms with Crippen LogP contribution in [0.4, 0.5) is 16.2 Å². The van der Waals surface area contributed by atoms with Gasteiger partial charge in [-0.3, -0.25) is 5.32 Å². The third-order valence-corrected chi connectivity index (χ3v) is 5.61. The van der Waals surface area contributed by atoms with E-state index in [9.17, 15) is 4.79 Å². The summed E-state index contributed by atoms with van der Waals surface area (Å²) in [6.45, 7) is 9.84. The summed E-state index contributed by atoms with van der Waals surface area (Å²) in [5, 5.41) is 12.4. The Hall–Kier alpha value is -3.07. The molecule has 0 radical (unpaired) electrons. The summed E-state index contributed by atoms with van der Waals surface area (Å²) >= 11 is 14.0. The first-order valence-corrected chi connectivity index (χ1v) is 14.3. The molecule has 0 aliphatic rings. The number of hydrogen-bond donors (Lipinski definition) is 4. The van der Waals surface area contributed by atoms with Gasteiger partial charge in [0.05, 0.1) is 11.9 Å². The SMILES string of the molecule is C=C(NCCc1cc(Nc2ccc(Cl)nc2)cc2c1[nH]c1ccc(Cl)cc12)NC(=O)OC(C)(C)C.CSC. The van der Waals surface area contributed by atoms with Gasteiger partial charge in [0.15, 0.2) is 0 Å². The molecule has 4 N–H and O–H groups in total. The zero-order valence-corrected chi connectivity index (χ0v) is 24.5. The first-order chi connectivity index (χ1) is 18.0. The Morgan fingerprint density at radius 3 is 2.47 bits per heavy atom. The number of carbonyl (C=O) groups excluding carboxylic acids is 1. The zero-order chi connectivity index (χ0) is 27.9. The van der Waals surface area contributed by atoms with Crippen LogP contribution in [0.1, 0.15) is 26.3 Å². The highest BCUT2D eigenvalue weighted by Gasteiger charge is 2.16. The number of anilines is 2. The molecule has 202 valence electrons. The number of aromatic amines is 1. The second-order valence-electron chi connectivity index (χ2n) is 9.56. The molecule has 0 atom stereocenters. The van der Waals surface area contributed by atoms with Crippen molar-refractivity contribution in [3.8, 4) is 0 Å². The average molecular weight is 575 g/mol. The van der Waals surface area contributed by atoms with E-state index in [0.717, 1.165) is 38.7 Å². The molecule has 0 aliphatic carbocycles. The number of halogens is 2. The lowest BCUT2D eigenvalue weighted by Crippen LogP contribution is -2.36. The van der Waals surface area contributed by atoms with Gasteiger partial charge in [0, 0.05) is 39.1 Å². The van der Waals surface area contributed by atoms with E-state index in [-0.39, 0.29) is 0 Å². The average Bonchev–Trinajstić information content (AvgIpc) is 3.18. The van der Waals surface area contributed by atoms with Crippen molar-refractivity contribution in [2.24, 2.45) is 0 Å². The van der Waals surface area contributed by atoms with Crippen molar-refractivity contribution in [2.45, 2.75) is 32.8 Å². The molecule has 0 saturated heterocycles. The number of fused-ring (bicyclic) bond motifs is 3. The molecule has 0 aliphatic heterocycles. The second kappa shape index (κ2) is 13.1. The fourth-order valence-electron chi connectivity index (χ4n) is 3.75. The number of nitrogens with zero attached hydrogens (tertiary/aromatic N) is 1. The van der Waals surface area contributed by atoms with Crippen molar-refractivity contribution in [1.29, 1.82) is 0 Å². The van der Waals surface area contributed by atoms with Crippen LogP contribution in [0.15, 0.2) is 61.1 Å². The van der Waals surface area contributed by atoms with Crippen molar-refractivity contribution in [3.05, 3.63) is 76.8 Å². The predicted octanol–water partition coefficient (Wildman–Crippen LogP) is 7.87. The van der Waals surface area contributed by atoms with Crippen LogP contribution < -0.4 is 16.0 Å². The first kappa shape index (κ1) is 29.5. The molecular weight excluding hydrogens is 541 g/mol. The minimum absolute atomic E-state index is 0.375. The number of benzene rings is 2. The van der Waals surface area contributed by atoms with Crippen LogP contribution in [-0.4, -0.2) is 40.7 Å². The Morgan fingerprint density at radius 2 is 1.82 bits per heavy atom. The maximum atomic E-state index is 12.0.